The number of aliphatic carboxylic acids is 1. The maximum absolute atomic E-state index is 11.3. The van der Waals surface area contributed by atoms with E-state index in [9.17, 15) is 9.90 Å². The van der Waals surface area contributed by atoms with Gasteiger partial charge < -0.3 is 10.4 Å². The first-order chi connectivity index (χ1) is 8.59. The highest BCUT2D eigenvalue weighted by atomic mass is 16.4. The summed E-state index contributed by atoms with van der Waals surface area (Å²) in [5.41, 5.74) is -0.315. The summed E-state index contributed by atoms with van der Waals surface area (Å²) in [6, 6.07) is 2.25. The Labute approximate surface area is 115 Å². The summed E-state index contributed by atoms with van der Waals surface area (Å²) in [6.07, 6.45) is 1.77. The van der Waals surface area contributed by atoms with Gasteiger partial charge in [-0.15, -0.1) is 0 Å². The van der Waals surface area contributed by atoms with E-state index in [-0.39, 0.29) is 0 Å². The molecule has 0 saturated carbocycles. The van der Waals surface area contributed by atoms with Crippen LogP contribution in [0.3, 0.4) is 0 Å². The van der Waals surface area contributed by atoms with E-state index in [0.29, 0.717) is 12.6 Å². The van der Waals surface area contributed by atoms with Crippen LogP contribution >= 0.6 is 0 Å². The Bertz CT molecular complexity index is 447. The molecule has 5 nitrogen and oxygen atoms in total. The van der Waals surface area contributed by atoms with E-state index in [1.54, 1.807) is 20.0 Å². The van der Waals surface area contributed by atoms with Crippen molar-refractivity contribution >= 4 is 5.97 Å². The third-order valence-corrected chi connectivity index (χ3v) is 4.05. The van der Waals surface area contributed by atoms with E-state index in [2.05, 4.69) is 24.3 Å². The second kappa shape index (κ2) is 5.33. The van der Waals surface area contributed by atoms with Crippen LogP contribution < -0.4 is 5.32 Å². The number of aromatic nitrogens is 2. The first kappa shape index (κ1) is 15.7. The molecule has 0 saturated heterocycles. The van der Waals surface area contributed by atoms with Crippen LogP contribution in [0.2, 0.25) is 0 Å². The highest BCUT2D eigenvalue weighted by Crippen LogP contribution is 2.31. The van der Waals surface area contributed by atoms with Crippen molar-refractivity contribution in [2.45, 2.75) is 59.7 Å². The number of carboxylic acids is 1. The Balaban J connectivity index is 2.81. The third kappa shape index (κ3) is 3.15. The van der Waals surface area contributed by atoms with E-state index in [1.807, 2.05) is 24.6 Å². The van der Waals surface area contributed by atoms with Crippen molar-refractivity contribution in [1.29, 1.82) is 0 Å². The van der Waals surface area contributed by atoms with Gasteiger partial charge in [-0.05, 0) is 47.6 Å². The highest BCUT2D eigenvalue weighted by molar-refractivity contribution is 5.75. The molecule has 0 atom stereocenters. The fourth-order valence-electron chi connectivity index (χ4n) is 1.75. The first-order valence-electron chi connectivity index (χ1n) is 6.60. The normalized spacial score (nSPS) is 13.0. The Morgan fingerprint density at radius 2 is 2.00 bits per heavy atom. The Morgan fingerprint density at radius 3 is 2.47 bits per heavy atom. The zero-order valence-corrected chi connectivity index (χ0v) is 12.7. The molecule has 0 unspecified atom stereocenters. The molecule has 1 aromatic rings. The van der Waals surface area contributed by atoms with Crippen LogP contribution in [0, 0.1) is 5.41 Å². The number of nitrogens with zero attached hydrogens (tertiary/aromatic N) is 2. The number of carboxylic acid groups (broad SMARTS) is 1. The first-order valence-corrected chi connectivity index (χ1v) is 6.60. The van der Waals surface area contributed by atoms with Crippen molar-refractivity contribution in [3.63, 3.8) is 0 Å². The summed E-state index contributed by atoms with van der Waals surface area (Å²) in [4.78, 5) is 11.3. The van der Waals surface area contributed by atoms with E-state index in [4.69, 9.17) is 0 Å². The van der Waals surface area contributed by atoms with Crippen LogP contribution in [0.1, 0.15) is 53.3 Å². The van der Waals surface area contributed by atoms with Gasteiger partial charge in [0, 0.05) is 24.3 Å². The molecule has 0 fully saturated rings. The summed E-state index contributed by atoms with van der Waals surface area (Å²) in [5.74, 6) is -0.803. The highest BCUT2D eigenvalue weighted by Gasteiger charge is 2.43. The minimum atomic E-state index is -0.852. The fourth-order valence-corrected chi connectivity index (χ4v) is 1.75. The van der Waals surface area contributed by atoms with Crippen molar-refractivity contribution in [3.05, 3.63) is 18.0 Å². The molecule has 1 aromatic heterocycles. The number of nitrogens with one attached hydrogen (secondary N) is 1. The SMILES string of the molecule is CC(C)n1nccc1CNC(C)(C)C(C)(C)C(=O)O. The van der Waals surface area contributed by atoms with Gasteiger partial charge >= 0.3 is 5.97 Å². The minimum Gasteiger partial charge on any atom is -0.481 e. The van der Waals surface area contributed by atoms with Gasteiger partial charge in [0.05, 0.1) is 11.1 Å². The lowest BCUT2D eigenvalue weighted by Crippen LogP contribution is -2.54. The van der Waals surface area contributed by atoms with Gasteiger partial charge in [0.25, 0.3) is 0 Å². The Hall–Kier alpha value is -1.36. The molecule has 19 heavy (non-hydrogen) atoms. The summed E-state index contributed by atoms with van der Waals surface area (Å²) < 4.78 is 1.94. The Morgan fingerprint density at radius 1 is 1.42 bits per heavy atom. The van der Waals surface area contributed by atoms with Gasteiger partial charge in [-0.3, -0.25) is 9.48 Å². The molecule has 108 valence electrons. The van der Waals surface area contributed by atoms with Crippen LogP contribution in [0.4, 0.5) is 0 Å². The van der Waals surface area contributed by atoms with E-state index in [1.165, 1.54) is 0 Å². The van der Waals surface area contributed by atoms with E-state index < -0.39 is 16.9 Å². The second-order valence-corrected chi connectivity index (χ2v) is 6.27. The zero-order valence-electron chi connectivity index (χ0n) is 12.7. The van der Waals surface area contributed by atoms with Crippen LogP contribution in [-0.2, 0) is 11.3 Å². The summed E-state index contributed by atoms with van der Waals surface area (Å²) in [5, 5.41) is 16.9. The van der Waals surface area contributed by atoms with E-state index >= 15 is 0 Å². The molecular formula is C14H25N3O2. The molecule has 0 aliphatic carbocycles. The molecule has 0 bridgehead atoms. The molecule has 1 rings (SSSR count). The maximum Gasteiger partial charge on any atom is 0.310 e. The molecule has 0 amide bonds. The topological polar surface area (TPSA) is 67.2 Å². The number of hydrogen-bond acceptors (Lipinski definition) is 3. The molecule has 0 spiro atoms. The van der Waals surface area contributed by atoms with Gasteiger partial charge in [0.2, 0.25) is 0 Å². The van der Waals surface area contributed by atoms with Crippen molar-refractivity contribution in [3.8, 4) is 0 Å². The average molecular weight is 267 g/mol. The quantitative estimate of drug-likeness (QED) is 0.830. The lowest BCUT2D eigenvalue weighted by atomic mass is 9.74. The lowest BCUT2D eigenvalue weighted by molar-refractivity contribution is -0.151. The van der Waals surface area contributed by atoms with Crippen molar-refractivity contribution in [2.75, 3.05) is 0 Å². The smallest absolute Gasteiger partial charge is 0.310 e. The molecule has 2 N–H and O–H groups in total. The number of carbonyl (C=O) groups is 1. The summed E-state index contributed by atoms with van der Waals surface area (Å²) >= 11 is 0. The summed E-state index contributed by atoms with van der Waals surface area (Å²) in [7, 11) is 0. The molecule has 0 aliphatic rings. The van der Waals surface area contributed by atoms with Crippen LogP contribution in [0.5, 0.6) is 0 Å². The predicted octanol–water partition coefficient (Wildman–Crippen LogP) is 2.44. The monoisotopic (exact) mass is 267 g/mol. The number of hydrogen-bond donors (Lipinski definition) is 2. The van der Waals surface area contributed by atoms with Crippen LogP contribution in [-0.4, -0.2) is 26.4 Å². The van der Waals surface area contributed by atoms with Gasteiger partial charge in [0.15, 0.2) is 0 Å². The predicted molar refractivity (Wildman–Crippen MR) is 74.9 cm³/mol. The van der Waals surface area contributed by atoms with Gasteiger partial charge in [0.1, 0.15) is 0 Å². The molecule has 0 aliphatic heterocycles. The van der Waals surface area contributed by atoms with Crippen LogP contribution in [0.25, 0.3) is 0 Å². The average Bonchev–Trinajstić information content (AvgIpc) is 2.74. The standard InChI is InChI=1S/C14H25N3O2/c1-10(2)17-11(7-8-16-17)9-15-14(5,6)13(3,4)12(18)19/h7-8,10,15H,9H2,1-6H3,(H,18,19). The third-order valence-electron chi connectivity index (χ3n) is 4.05. The zero-order chi connectivity index (χ0) is 14.8. The van der Waals surface area contributed by atoms with Crippen molar-refractivity contribution < 1.29 is 9.90 Å². The molecule has 0 aromatic carbocycles. The largest absolute Gasteiger partial charge is 0.481 e. The van der Waals surface area contributed by atoms with Gasteiger partial charge in [-0.1, -0.05) is 0 Å². The van der Waals surface area contributed by atoms with E-state index in [0.717, 1.165) is 5.69 Å². The van der Waals surface area contributed by atoms with Gasteiger partial charge in [-0.25, -0.2) is 0 Å². The minimum absolute atomic E-state index is 0.294. The molecular weight excluding hydrogens is 242 g/mol. The molecule has 5 heteroatoms. The fraction of sp³-hybridized carbons (Fsp3) is 0.714. The number of rotatable bonds is 6. The molecule has 0 radical (unpaired) electrons. The second-order valence-electron chi connectivity index (χ2n) is 6.27. The maximum atomic E-state index is 11.3. The van der Waals surface area contributed by atoms with Gasteiger partial charge in [-0.2, -0.15) is 5.10 Å². The summed E-state index contributed by atoms with van der Waals surface area (Å²) in [6.45, 7) is 12.0. The Kier molecular flexibility index (Phi) is 4.40. The van der Waals surface area contributed by atoms with Crippen LogP contribution in [0.15, 0.2) is 12.3 Å². The van der Waals surface area contributed by atoms with Crippen molar-refractivity contribution in [2.24, 2.45) is 5.41 Å². The van der Waals surface area contributed by atoms with Crippen molar-refractivity contribution in [1.82, 2.24) is 15.1 Å². The lowest BCUT2D eigenvalue weighted by Gasteiger charge is -2.39. The molecule has 1 heterocycles.